The van der Waals surface area contributed by atoms with Gasteiger partial charge in [-0.15, -0.1) is 0 Å². The van der Waals surface area contributed by atoms with Crippen molar-refractivity contribution < 1.29 is 0 Å². The van der Waals surface area contributed by atoms with Gasteiger partial charge in [0.05, 0.1) is 11.4 Å². The summed E-state index contributed by atoms with van der Waals surface area (Å²) in [6.45, 7) is 7.81. The lowest BCUT2D eigenvalue weighted by molar-refractivity contribution is 0.219. The van der Waals surface area contributed by atoms with Crippen LogP contribution in [-0.4, -0.2) is 35.6 Å². The van der Waals surface area contributed by atoms with E-state index in [4.69, 9.17) is 5.73 Å². The minimum Gasteiger partial charge on any atom is -0.397 e. The molecule has 0 atom stereocenters. The molecule has 1 aromatic rings. The summed E-state index contributed by atoms with van der Waals surface area (Å²) in [5, 5.41) is 3.52. The summed E-state index contributed by atoms with van der Waals surface area (Å²) >= 11 is 0. The summed E-state index contributed by atoms with van der Waals surface area (Å²) in [7, 11) is 0. The lowest BCUT2D eigenvalue weighted by atomic mass is 10.0. The van der Waals surface area contributed by atoms with Crippen LogP contribution in [0.2, 0.25) is 0 Å². The molecule has 0 spiro atoms. The lowest BCUT2D eigenvalue weighted by Crippen LogP contribution is -2.39. The van der Waals surface area contributed by atoms with Crippen LogP contribution in [0.4, 0.5) is 11.5 Å². The number of aryl methyl sites for hydroxylation is 1. The van der Waals surface area contributed by atoms with Gasteiger partial charge in [0.15, 0.2) is 0 Å². The quantitative estimate of drug-likeness (QED) is 0.858. The van der Waals surface area contributed by atoms with Gasteiger partial charge in [0.1, 0.15) is 5.82 Å². The maximum absolute atomic E-state index is 5.78. The van der Waals surface area contributed by atoms with E-state index >= 15 is 0 Å². The zero-order chi connectivity index (χ0) is 13.0. The van der Waals surface area contributed by atoms with Crippen LogP contribution < -0.4 is 11.1 Å². The molecule has 1 saturated heterocycles. The molecule has 1 fully saturated rings. The average molecular weight is 248 g/mol. The topological polar surface area (TPSA) is 54.2 Å². The number of likely N-dealkylation sites (tertiary alicyclic amines) is 1. The van der Waals surface area contributed by atoms with E-state index in [0.29, 0.717) is 6.04 Å². The van der Waals surface area contributed by atoms with Crippen LogP contribution in [0.1, 0.15) is 31.9 Å². The largest absolute Gasteiger partial charge is 0.397 e. The van der Waals surface area contributed by atoms with Crippen LogP contribution in [-0.2, 0) is 0 Å². The van der Waals surface area contributed by atoms with Crippen LogP contribution in [0, 0.1) is 6.92 Å². The first-order valence-electron chi connectivity index (χ1n) is 6.91. The van der Waals surface area contributed by atoms with Crippen molar-refractivity contribution in [3.8, 4) is 0 Å². The van der Waals surface area contributed by atoms with E-state index in [0.717, 1.165) is 17.2 Å². The second-order valence-corrected chi connectivity index (χ2v) is 5.13. The Morgan fingerprint density at radius 2 is 2.11 bits per heavy atom. The Hall–Kier alpha value is -1.29. The Labute approximate surface area is 110 Å². The van der Waals surface area contributed by atoms with Crippen LogP contribution >= 0.6 is 0 Å². The van der Waals surface area contributed by atoms with Crippen molar-refractivity contribution in [2.75, 3.05) is 30.7 Å². The predicted molar refractivity (Wildman–Crippen MR) is 76.8 cm³/mol. The van der Waals surface area contributed by atoms with Crippen molar-refractivity contribution in [2.45, 2.75) is 39.2 Å². The highest BCUT2D eigenvalue weighted by Crippen LogP contribution is 2.17. The zero-order valence-corrected chi connectivity index (χ0v) is 11.4. The molecule has 0 amide bonds. The second kappa shape index (κ2) is 6.05. The predicted octanol–water partition coefficient (Wildman–Crippen LogP) is 2.26. The molecular weight excluding hydrogens is 224 g/mol. The molecule has 1 aliphatic rings. The standard InChI is InChI=1S/C14H24N4/c1-3-8-18-9-6-12(7-10-18)17-14-5-4-13(15)11(2)16-14/h4-5,12H,3,6-10,15H2,1-2H3,(H,16,17). The van der Waals surface area contributed by atoms with E-state index in [-0.39, 0.29) is 0 Å². The van der Waals surface area contributed by atoms with Crippen LogP contribution in [0.15, 0.2) is 12.1 Å². The number of pyridine rings is 1. The molecule has 2 rings (SSSR count). The van der Waals surface area contributed by atoms with Crippen molar-refractivity contribution >= 4 is 11.5 Å². The number of nitrogen functional groups attached to an aromatic ring is 1. The first kappa shape index (κ1) is 13.1. The molecule has 18 heavy (non-hydrogen) atoms. The van der Waals surface area contributed by atoms with Crippen LogP contribution in [0.25, 0.3) is 0 Å². The van der Waals surface area contributed by atoms with E-state index in [1.165, 1.54) is 38.9 Å². The van der Waals surface area contributed by atoms with Crippen LogP contribution in [0.3, 0.4) is 0 Å². The molecule has 0 aliphatic carbocycles. The maximum atomic E-state index is 5.78. The third kappa shape index (κ3) is 3.35. The minimum absolute atomic E-state index is 0.550. The van der Waals surface area contributed by atoms with Gasteiger partial charge in [0, 0.05) is 19.1 Å². The highest BCUT2D eigenvalue weighted by molar-refractivity contribution is 5.49. The minimum atomic E-state index is 0.550. The monoisotopic (exact) mass is 248 g/mol. The molecule has 100 valence electrons. The van der Waals surface area contributed by atoms with Crippen molar-refractivity contribution in [1.82, 2.24) is 9.88 Å². The normalized spacial score (nSPS) is 17.9. The van der Waals surface area contributed by atoms with Crippen LogP contribution in [0.5, 0.6) is 0 Å². The first-order chi connectivity index (χ1) is 8.69. The number of rotatable bonds is 4. The average Bonchev–Trinajstić information content (AvgIpc) is 2.37. The van der Waals surface area contributed by atoms with Crippen molar-refractivity contribution in [3.63, 3.8) is 0 Å². The third-order valence-corrected chi connectivity index (χ3v) is 3.61. The summed E-state index contributed by atoms with van der Waals surface area (Å²) in [6, 6.07) is 4.45. The molecule has 0 unspecified atom stereocenters. The van der Waals surface area contributed by atoms with E-state index in [9.17, 15) is 0 Å². The number of anilines is 2. The Kier molecular flexibility index (Phi) is 4.42. The Morgan fingerprint density at radius 1 is 1.39 bits per heavy atom. The molecule has 0 bridgehead atoms. The van der Waals surface area contributed by atoms with E-state index in [1.807, 2.05) is 19.1 Å². The molecule has 2 heterocycles. The number of nitrogens with one attached hydrogen (secondary N) is 1. The summed E-state index contributed by atoms with van der Waals surface area (Å²) in [6.07, 6.45) is 3.65. The molecule has 3 N–H and O–H groups in total. The molecule has 4 heteroatoms. The van der Waals surface area contributed by atoms with Crippen molar-refractivity contribution in [2.24, 2.45) is 0 Å². The lowest BCUT2D eigenvalue weighted by Gasteiger charge is -2.32. The molecule has 1 aromatic heterocycles. The Morgan fingerprint density at radius 3 is 2.72 bits per heavy atom. The third-order valence-electron chi connectivity index (χ3n) is 3.61. The van der Waals surface area contributed by atoms with E-state index < -0.39 is 0 Å². The summed E-state index contributed by atoms with van der Waals surface area (Å²) in [5.41, 5.74) is 7.44. The number of nitrogens with two attached hydrogens (primary N) is 1. The fraction of sp³-hybridized carbons (Fsp3) is 0.643. The highest BCUT2D eigenvalue weighted by atomic mass is 15.1. The smallest absolute Gasteiger partial charge is 0.126 e. The van der Waals surface area contributed by atoms with Gasteiger partial charge < -0.3 is 16.0 Å². The van der Waals surface area contributed by atoms with Gasteiger partial charge in [-0.2, -0.15) is 0 Å². The fourth-order valence-corrected chi connectivity index (χ4v) is 2.48. The SMILES string of the molecule is CCCN1CCC(Nc2ccc(N)c(C)n2)CC1. The van der Waals surface area contributed by atoms with Crippen molar-refractivity contribution in [3.05, 3.63) is 17.8 Å². The first-order valence-corrected chi connectivity index (χ1v) is 6.91. The molecule has 0 saturated carbocycles. The molecular formula is C14H24N4. The number of aromatic nitrogens is 1. The Balaban J connectivity index is 1.85. The second-order valence-electron chi connectivity index (χ2n) is 5.13. The zero-order valence-electron chi connectivity index (χ0n) is 11.4. The van der Waals surface area contributed by atoms with E-state index in [1.54, 1.807) is 0 Å². The number of hydrogen-bond donors (Lipinski definition) is 2. The van der Waals surface area contributed by atoms with Gasteiger partial charge in [-0.3, -0.25) is 0 Å². The summed E-state index contributed by atoms with van der Waals surface area (Å²) in [4.78, 5) is 7.01. The maximum Gasteiger partial charge on any atom is 0.126 e. The molecule has 0 aromatic carbocycles. The highest BCUT2D eigenvalue weighted by Gasteiger charge is 2.18. The summed E-state index contributed by atoms with van der Waals surface area (Å²) < 4.78 is 0. The van der Waals surface area contributed by atoms with Gasteiger partial charge in [-0.25, -0.2) is 4.98 Å². The molecule has 1 aliphatic heterocycles. The van der Waals surface area contributed by atoms with Gasteiger partial charge >= 0.3 is 0 Å². The van der Waals surface area contributed by atoms with Gasteiger partial charge in [0.2, 0.25) is 0 Å². The molecule has 0 radical (unpaired) electrons. The Bertz CT molecular complexity index is 383. The van der Waals surface area contributed by atoms with E-state index in [2.05, 4.69) is 22.1 Å². The molecule has 4 nitrogen and oxygen atoms in total. The number of piperidine rings is 1. The van der Waals surface area contributed by atoms with Gasteiger partial charge in [-0.1, -0.05) is 6.92 Å². The van der Waals surface area contributed by atoms with Gasteiger partial charge in [0.25, 0.3) is 0 Å². The van der Waals surface area contributed by atoms with Crippen molar-refractivity contribution in [1.29, 1.82) is 0 Å². The number of hydrogen-bond acceptors (Lipinski definition) is 4. The summed E-state index contributed by atoms with van der Waals surface area (Å²) in [5.74, 6) is 0.954. The fourth-order valence-electron chi connectivity index (χ4n) is 2.48. The van der Waals surface area contributed by atoms with Gasteiger partial charge in [-0.05, 0) is 44.9 Å². The number of nitrogens with zero attached hydrogens (tertiary/aromatic N) is 2.